The van der Waals surface area contributed by atoms with Crippen LogP contribution in [0.3, 0.4) is 0 Å². The lowest BCUT2D eigenvalue weighted by atomic mass is 10.2. The molecule has 0 aliphatic carbocycles. The number of nitrogens with zero attached hydrogens (tertiary/aromatic N) is 4. The molecule has 10 heteroatoms. The molecule has 0 unspecified atom stereocenters. The van der Waals surface area contributed by atoms with Gasteiger partial charge in [0.1, 0.15) is 30.2 Å². The number of carbonyl (C=O) groups is 2. The van der Waals surface area contributed by atoms with Crippen molar-refractivity contribution < 1.29 is 18.7 Å². The molecule has 0 saturated carbocycles. The van der Waals surface area contributed by atoms with Gasteiger partial charge in [-0.3, -0.25) is 9.59 Å². The molecule has 9 nitrogen and oxygen atoms in total. The Morgan fingerprint density at radius 1 is 1.37 bits per heavy atom. The highest BCUT2D eigenvalue weighted by Gasteiger charge is 2.28. The van der Waals surface area contributed by atoms with Gasteiger partial charge in [0.15, 0.2) is 17.3 Å². The Hall–Kier alpha value is -4.26. The first-order valence-corrected chi connectivity index (χ1v) is 8.95. The van der Waals surface area contributed by atoms with Gasteiger partial charge in [-0.2, -0.15) is 10.4 Å². The van der Waals surface area contributed by atoms with Crippen molar-refractivity contribution >= 4 is 17.6 Å². The summed E-state index contributed by atoms with van der Waals surface area (Å²) in [6.45, 7) is 0.0993. The molecule has 0 fully saturated rings. The molecule has 1 aliphatic heterocycles. The maximum absolute atomic E-state index is 13.1. The summed E-state index contributed by atoms with van der Waals surface area (Å²) in [6.07, 6.45) is 1.51. The Bertz CT molecular complexity index is 1150. The van der Waals surface area contributed by atoms with Gasteiger partial charge in [-0.15, -0.1) is 0 Å². The zero-order valence-corrected chi connectivity index (χ0v) is 15.5. The Kier molecular flexibility index (Phi) is 5.09. The zero-order valence-electron chi connectivity index (χ0n) is 15.5. The molecule has 2 amide bonds. The van der Waals surface area contributed by atoms with E-state index in [-0.39, 0.29) is 36.2 Å². The van der Waals surface area contributed by atoms with Crippen LogP contribution in [0.2, 0.25) is 0 Å². The lowest BCUT2D eigenvalue weighted by molar-refractivity contribution is -0.118. The van der Waals surface area contributed by atoms with Gasteiger partial charge in [0.05, 0.1) is 6.54 Å². The van der Waals surface area contributed by atoms with Gasteiger partial charge in [0, 0.05) is 12.3 Å². The first kappa shape index (κ1) is 19.1. The highest BCUT2D eigenvalue weighted by atomic mass is 19.1. The van der Waals surface area contributed by atoms with E-state index in [0.717, 1.165) is 0 Å². The van der Waals surface area contributed by atoms with E-state index in [0.29, 0.717) is 11.3 Å². The quantitative estimate of drug-likeness (QED) is 0.677. The van der Waals surface area contributed by atoms with Crippen LogP contribution in [-0.2, 0) is 11.3 Å². The standard InChI is InChI=1S/C20H15FN6O3/c21-13-5-3-12(4-6-13)10-27-14(9-22)8-15(26-27)19(28)24-16-11-30-17-2-1-7-23-18(17)25-20(16)29/h1-8,16H,10-11H2,(H,24,28)(H,23,25,29)/t16-/m0/s1. The van der Waals surface area contributed by atoms with E-state index in [1.807, 2.05) is 6.07 Å². The molecule has 0 saturated heterocycles. The summed E-state index contributed by atoms with van der Waals surface area (Å²) in [4.78, 5) is 29.0. The van der Waals surface area contributed by atoms with Crippen LogP contribution < -0.4 is 15.4 Å². The third kappa shape index (κ3) is 3.95. The minimum absolute atomic E-state index is 0.0265. The van der Waals surface area contributed by atoms with Crippen molar-refractivity contribution in [1.29, 1.82) is 5.26 Å². The van der Waals surface area contributed by atoms with Crippen molar-refractivity contribution in [2.45, 2.75) is 12.6 Å². The molecule has 0 bridgehead atoms. The average Bonchev–Trinajstić information content (AvgIpc) is 3.09. The third-order valence-electron chi connectivity index (χ3n) is 4.41. The van der Waals surface area contributed by atoms with Crippen LogP contribution in [0.25, 0.3) is 0 Å². The number of aromatic nitrogens is 3. The van der Waals surface area contributed by atoms with E-state index in [1.165, 1.54) is 29.1 Å². The molecule has 1 atom stereocenters. The Morgan fingerprint density at radius 2 is 2.17 bits per heavy atom. The lowest BCUT2D eigenvalue weighted by Gasteiger charge is -2.13. The summed E-state index contributed by atoms with van der Waals surface area (Å²) in [5.74, 6) is -0.812. The molecule has 1 aliphatic rings. The van der Waals surface area contributed by atoms with Crippen molar-refractivity contribution in [1.82, 2.24) is 20.1 Å². The summed E-state index contributed by atoms with van der Waals surface area (Å²) < 4.78 is 20.0. The molecular weight excluding hydrogens is 391 g/mol. The van der Waals surface area contributed by atoms with Gasteiger partial charge in [0.2, 0.25) is 0 Å². The second kappa shape index (κ2) is 8.00. The Labute approximate surface area is 170 Å². The van der Waals surface area contributed by atoms with Gasteiger partial charge in [-0.05, 0) is 29.8 Å². The number of fused-ring (bicyclic) bond motifs is 1. The smallest absolute Gasteiger partial charge is 0.272 e. The molecule has 4 rings (SSSR count). The summed E-state index contributed by atoms with van der Waals surface area (Å²) >= 11 is 0. The van der Waals surface area contributed by atoms with Gasteiger partial charge in [-0.1, -0.05) is 12.1 Å². The monoisotopic (exact) mass is 406 g/mol. The molecule has 30 heavy (non-hydrogen) atoms. The number of nitrogens with one attached hydrogen (secondary N) is 2. The maximum Gasteiger partial charge on any atom is 0.272 e. The number of hydrogen-bond acceptors (Lipinski definition) is 6. The fraction of sp³-hybridized carbons (Fsp3) is 0.150. The number of hydrogen-bond donors (Lipinski definition) is 2. The van der Waals surface area contributed by atoms with Crippen molar-refractivity contribution in [2.75, 3.05) is 11.9 Å². The lowest BCUT2D eigenvalue weighted by Crippen LogP contribution is -2.46. The molecule has 3 aromatic rings. The van der Waals surface area contributed by atoms with Crippen LogP contribution in [0.5, 0.6) is 5.75 Å². The topological polar surface area (TPSA) is 122 Å². The van der Waals surface area contributed by atoms with Crippen LogP contribution in [0.1, 0.15) is 21.7 Å². The van der Waals surface area contributed by atoms with Gasteiger partial charge in [-0.25, -0.2) is 14.1 Å². The molecule has 0 spiro atoms. The van der Waals surface area contributed by atoms with Crippen molar-refractivity contribution in [3.8, 4) is 11.8 Å². The first-order chi connectivity index (χ1) is 14.5. The van der Waals surface area contributed by atoms with E-state index in [9.17, 15) is 19.2 Å². The number of rotatable bonds is 4. The van der Waals surface area contributed by atoms with Gasteiger partial charge in [0.25, 0.3) is 11.8 Å². The molecule has 2 N–H and O–H groups in total. The van der Waals surface area contributed by atoms with Crippen LogP contribution in [0.15, 0.2) is 48.7 Å². The first-order valence-electron chi connectivity index (χ1n) is 8.95. The van der Waals surface area contributed by atoms with E-state index in [2.05, 4.69) is 20.7 Å². The number of amides is 2. The summed E-state index contributed by atoms with van der Waals surface area (Å²) in [5.41, 5.74) is 0.841. The average molecular weight is 406 g/mol. The predicted octanol–water partition coefficient (Wildman–Crippen LogP) is 1.47. The minimum atomic E-state index is -0.973. The number of carbonyl (C=O) groups excluding carboxylic acids is 2. The number of ether oxygens (including phenoxy) is 1. The second-order valence-corrected chi connectivity index (χ2v) is 6.49. The minimum Gasteiger partial charge on any atom is -0.487 e. The highest BCUT2D eigenvalue weighted by molar-refractivity contribution is 6.01. The van der Waals surface area contributed by atoms with Crippen LogP contribution in [0.4, 0.5) is 10.2 Å². The molecule has 150 valence electrons. The van der Waals surface area contributed by atoms with Gasteiger partial charge < -0.3 is 15.4 Å². The number of nitriles is 1. The number of anilines is 1. The number of benzene rings is 1. The second-order valence-electron chi connectivity index (χ2n) is 6.49. The van der Waals surface area contributed by atoms with E-state index in [4.69, 9.17) is 4.74 Å². The Morgan fingerprint density at radius 3 is 2.93 bits per heavy atom. The molecule has 2 aromatic heterocycles. The zero-order chi connectivity index (χ0) is 21.1. The molecule has 0 radical (unpaired) electrons. The number of halogens is 1. The van der Waals surface area contributed by atoms with E-state index < -0.39 is 17.9 Å². The van der Waals surface area contributed by atoms with Gasteiger partial charge >= 0.3 is 0 Å². The molecule has 1 aromatic carbocycles. The van der Waals surface area contributed by atoms with Crippen molar-refractivity contribution in [2.24, 2.45) is 0 Å². The SMILES string of the molecule is N#Cc1cc(C(=O)N[C@H]2COc3cccnc3NC2=O)nn1Cc1ccc(F)cc1. The van der Waals surface area contributed by atoms with Crippen molar-refractivity contribution in [3.63, 3.8) is 0 Å². The Balaban J connectivity index is 1.48. The fourth-order valence-corrected chi connectivity index (χ4v) is 2.89. The summed E-state index contributed by atoms with van der Waals surface area (Å²) in [5, 5.41) is 18.7. The van der Waals surface area contributed by atoms with Crippen LogP contribution in [0, 0.1) is 17.1 Å². The molecule has 3 heterocycles. The largest absolute Gasteiger partial charge is 0.487 e. The van der Waals surface area contributed by atoms with E-state index >= 15 is 0 Å². The summed E-state index contributed by atoms with van der Waals surface area (Å²) in [6, 6.07) is 11.4. The predicted molar refractivity (Wildman–Crippen MR) is 102 cm³/mol. The van der Waals surface area contributed by atoms with Crippen LogP contribution in [-0.4, -0.2) is 39.2 Å². The highest BCUT2D eigenvalue weighted by Crippen LogP contribution is 2.23. The van der Waals surface area contributed by atoms with E-state index in [1.54, 1.807) is 24.3 Å². The molecular formula is C20H15FN6O3. The van der Waals surface area contributed by atoms with Crippen LogP contribution >= 0.6 is 0 Å². The van der Waals surface area contributed by atoms with Crippen molar-refractivity contribution in [3.05, 3.63) is 71.4 Å². The normalized spacial score (nSPS) is 15.2. The number of pyridine rings is 1. The maximum atomic E-state index is 13.1. The summed E-state index contributed by atoms with van der Waals surface area (Å²) in [7, 11) is 0. The fourth-order valence-electron chi connectivity index (χ4n) is 2.89. The third-order valence-corrected chi connectivity index (χ3v) is 4.41.